The van der Waals surface area contributed by atoms with Crippen LogP contribution in [0.1, 0.15) is 55.7 Å². The Kier molecular flexibility index (Phi) is 4.82. The third kappa shape index (κ3) is 3.03. The van der Waals surface area contributed by atoms with Crippen molar-refractivity contribution >= 4 is 5.69 Å². The zero-order valence-corrected chi connectivity index (χ0v) is 14.7. The van der Waals surface area contributed by atoms with Crippen LogP contribution in [0.4, 0.5) is 18.9 Å². The quantitative estimate of drug-likeness (QED) is 0.863. The summed E-state index contributed by atoms with van der Waals surface area (Å²) in [5.41, 5.74) is 1.70. The molecule has 0 bridgehead atoms. The molecular weight excluding hydrogens is 313 g/mol. The van der Waals surface area contributed by atoms with Crippen LogP contribution in [0.25, 0.3) is 0 Å². The molecule has 1 aromatic carbocycles. The predicted molar refractivity (Wildman–Crippen MR) is 91.6 cm³/mol. The highest BCUT2D eigenvalue weighted by Crippen LogP contribution is 2.49. The lowest BCUT2D eigenvalue weighted by atomic mass is 9.86. The van der Waals surface area contributed by atoms with E-state index in [2.05, 4.69) is 25.2 Å². The van der Waals surface area contributed by atoms with Crippen molar-refractivity contribution in [2.75, 3.05) is 25.0 Å². The van der Waals surface area contributed by atoms with E-state index in [9.17, 15) is 13.2 Å². The minimum Gasteiger partial charge on any atom is -0.370 e. The van der Waals surface area contributed by atoms with Crippen molar-refractivity contribution in [3.05, 3.63) is 28.8 Å². The summed E-state index contributed by atoms with van der Waals surface area (Å²) >= 11 is 0. The van der Waals surface area contributed by atoms with Crippen LogP contribution in [0, 0.1) is 5.92 Å². The van der Waals surface area contributed by atoms with E-state index in [1.54, 1.807) is 0 Å². The molecule has 0 spiro atoms. The summed E-state index contributed by atoms with van der Waals surface area (Å²) in [5, 5.41) is 3.35. The maximum Gasteiger partial charge on any atom is 0.418 e. The molecule has 1 fully saturated rings. The van der Waals surface area contributed by atoms with Crippen molar-refractivity contribution in [1.29, 1.82) is 0 Å². The first-order valence-electron chi connectivity index (χ1n) is 9.04. The second kappa shape index (κ2) is 6.58. The number of nitrogens with one attached hydrogen (secondary N) is 1. The molecular formula is C19H27F3N2. The zero-order chi connectivity index (χ0) is 17.5. The molecule has 0 amide bonds. The van der Waals surface area contributed by atoms with Crippen molar-refractivity contribution in [3.63, 3.8) is 0 Å². The van der Waals surface area contributed by atoms with Gasteiger partial charge in [-0.25, -0.2) is 0 Å². The molecule has 0 saturated carbocycles. The van der Waals surface area contributed by atoms with Crippen LogP contribution in [0.2, 0.25) is 0 Å². The second-order valence-corrected chi connectivity index (χ2v) is 7.24. The van der Waals surface area contributed by atoms with Crippen LogP contribution in [-0.4, -0.2) is 26.2 Å². The Labute approximate surface area is 142 Å². The van der Waals surface area contributed by atoms with Gasteiger partial charge in [0, 0.05) is 25.6 Å². The van der Waals surface area contributed by atoms with Crippen molar-refractivity contribution < 1.29 is 13.2 Å². The molecule has 1 saturated heterocycles. The van der Waals surface area contributed by atoms with E-state index in [0.29, 0.717) is 11.6 Å². The van der Waals surface area contributed by atoms with E-state index in [1.165, 1.54) is 6.07 Å². The van der Waals surface area contributed by atoms with Gasteiger partial charge in [-0.15, -0.1) is 0 Å². The monoisotopic (exact) mass is 340 g/mol. The molecule has 2 atom stereocenters. The minimum absolute atomic E-state index is 0.168. The molecule has 2 heterocycles. The largest absolute Gasteiger partial charge is 0.418 e. The topological polar surface area (TPSA) is 15.3 Å². The normalized spacial score (nSPS) is 23.5. The average Bonchev–Trinajstić information content (AvgIpc) is 2.84. The number of hydrogen-bond donors (Lipinski definition) is 1. The average molecular weight is 340 g/mol. The lowest BCUT2D eigenvalue weighted by Gasteiger charge is -2.31. The molecule has 0 radical (unpaired) electrons. The molecule has 2 nitrogen and oxygen atoms in total. The minimum atomic E-state index is -4.30. The third-order valence-corrected chi connectivity index (χ3v) is 5.88. The molecule has 2 aliphatic heterocycles. The van der Waals surface area contributed by atoms with Crippen LogP contribution in [-0.2, 0) is 12.6 Å². The first kappa shape index (κ1) is 17.6. The van der Waals surface area contributed by atoms with E-state index in [4.69, 9.17) is 0 Å². The summed E-state index contributed by atoms with van der Waals surface area (Å²) in [7, 11) is 1.82. The molecule has 5 heteroatoms. The Morgan fingerprint density at radius 3 is 2.58 bits per heavy atom. The fourth-order valence-corrected chi connectivity index (χ4v) is 4.43. The van der Waals surface area contributed by atoms with Gasteiger partial charge in [0.2, 0.25) is 0 Å². The number of anilines is 1. The van der Waals surface area contributed by atoms with E-state index >= 15 is 0 Å². The van der Waals surface area contributed by atoms with Crippen molar-refractivity contribution in [1.82, 2.24) is 5.32 Å². The second-order valence-electron chi connectivity index (χ2n) is 7.24. The Balaban J connectivity index is 2.07. The summed E-state index contributed by atoms with van der Waals surface area (Å²) in [6.07, 6.45) is -0.666. The van der Waals surface area contributed by atoms with Gasteiger partial charge >= 0.3 is 6.18 Å². The maximum atomic E-state index is 13.7. The third-order valence-electron chi connectivity index (χ3n) is 5.88. The number of fused-ring (bicyclic) bond motifs is 3. The fourth-order valence-electron chi connectivity index (χ4n) is 4.43. The molecule has 0 unspecified atom stereocenters. The molecule has 3 rings (SSSR count). The van der Waals surface area contributed by atoms with Crippen molar-refractivity contribution in [2.45, 2.75) is 57.7 Å². The van der Waals surface area contributed by atoms with E-state index < -0.39 is 11.7 Å². The maximum absolute atomic E-state index is 13.7. The number of hydrogen-bond acceptors (Lipinski definition) is 2. The summed E-state index contributed by atoms with van der Waals surface area (Å²) in [5.74, 6) is 0.616. The van der Waals surface area contributed by atoms with Crippen LogP contribution >= 0.6 is 0 Å². The molecule has 24 heavy (non-hydrogen) atoms. The van der Waals surface area contributed by atoms with Crippen molar-refractivity contribution in [3.8, 4) is 0 Å². The SMILES string of the molecule is CCC(CC)Cc1cc2c(c(C(F)(F)F)c1)N(C)[C@H]1CCNC[C@@H]21. The van der Waals surface area contributed by atoms with Crippen LogP contribution in [0.3, 0.4) is 0 Å². The first-order valence-corrected chi connectivity index (χ1v) is 9.04. The van der Waals surface area contributed by atoms with E-state index in [-0.39, 0.29) is 12.0 Å². The molecule has 0 aromatic heterocycles. The van der Waals surface area contributed by atoms with Gasteiger partial charge in [0.25, 0.3) is 0 Å². The van der Waals surface area contributed by atoms with Crippen LogP contribution in [0.15, 0.2) is 12.1 Å². The summed E-state index contributed by atoms with van der Waals surface area (Å²) < 4.78 is 41.2. The Morgan fingerprint density at radius 1 is 1.25 bits per heavy atom. The molecule has 1 N–H and O–H groups in total. The summed E-state index contributed by atoms with van der Waals surface area (Å²) in [6.45, 7) is 5.87. The zero-order valence-electron chi connectivity index (χ0n) is 14.7. The number of alkyl halides is 3. The van der Waals surface area contributed by atoms with E-state index in [1.807, 2.05) is 11.9 Å². The van der Waals surface area contributed by atoms with Gasteiger partial charge in [-0.3, -0.25) is 0 Å². The van der Waals surface area contributed by atoms with Crippen molar-refractivity contribution in [2.24, 2.45) is 5.92 Å². The lowest BCUT2D eigenvalue weighted by Crippen LogP contribution is -2.42. The standard InChI is InChI=1S/C19H27F3N2/c1-4-12(5-2)8-13-9-14-15-11-23-7-6-17(15)24(3)18(14)16(10-13)19(20,21)22/h9-10,12,15,17,23H,4-8,11H2,1-3H3/t15-,17-/m0/s1. The van der Waals surface area contributed by atoms with Gasteiger partial charge in [0.1, 0.15) is 0 Å². The Hall–Kier alpha value is -1.23. The summed E-state index contributed by atoms with van der Waals surface area (Å²) in [4.78, 5) is 1.88. The fraction of sp³-hybridized carbons (Fsp3) is 0.684. The number of halogens is 3. The molecule has 2 aliphatic rings. The molecule has 1 aromatic rings. The highest BCUT2D eigenvalue weighted by atomic mass is 19.4. The highest BCUT2D eigenvalue weighted by Gasteiger charge is 2.44. The Morgan fingerprint density at radius 2 is 1.96 bits per heavy atom. The van der Waals surface area contributed by atoms with Gasteiger partial charge < -0.3 is 10.2 Å². The lowest BCUT2D eigenvalue weighted by molar-refractivity contribution is -0.137. The summed E-state index contributed by atoms with van der Waals surface area (Å²) in [6, 6.07) is 3.64. The smallest absolute Gasteiger partial charge is 0.370 e. The molecule has 0 aliphatic carbocycles. The predicted octanol–water partition coefficient (Wildman–Crippen LogP) is 4.58. The molecule has 134 valence electrons. The van der Waals surface area contributed by atoms with Gasteiger partial charge in [0.15, 0.2) is 0 Å². The van der Waals surface area contributed by atoms with Crippen LogP contribution in [0.5, 0.6) is 0 Å². The van der Waals surface area contributed by atoms with Gasteiger partial charge in [-0.2, -0.15) is 13.2 Å². The number of nitrogens with zero attached hydrogens (tertiary/aromatic N) is 1. The first-order chi connectivity index (χ1) is 11.4. The van der Waals surface area contributed by atoms with Gasteiger partial charge in [0.05, 0.1) is 11.3 Å². The van der Waals surface area contributed by atoms with Crippen LogP contribution < -0.4 is 10.2 Å². The van der Waals surface area contributed by atoms with E-state index in [0.717, 1.165) is 49.9 Å². The number of likely N-dealkylation sites (N-methyl/N-ethyl adjacent to an activating group) is 1. The number of piperidine rings is 1. The Bertz CT molecular complexity index is 593. The highest BCUT2D eigenvalue weighted by molar-refractivity contribution is 5.68. The number of rotatable bonds is 4. The number of benzene rings is 1. The van der Waals surface area contributed by atoms with Gasteiger partial charge in [-0.1, -0.05) is 32.8 Å². The van der Waals surface area contributed by atoms with Gasteiger partial charge in [-0.05, 0) is 42.5 Å².